The van der Waals surface area contributed by atoms with Gasteiger partial charge in [-0.05, 0) is 18.1 Å². The Kier molecular flexibility index (Phi) is 8.56. The number of hydrogen-bond donors (Lipinski definition) is 4. The molecule has 1 aromatic carbocycles. The van der Waals surface area contributed by atoms with E-state index < -0.39 is 25.2 Å². The molecule has 194 valence electrons. The van der Waals surface area contributed by atoms with Crippen molar-refractivity contribution in [2.24, 2.45) is 0 Å². The van der Waals surface area contributed by atoms with E-state index in [0.717, 1.165) is 26.9 Å². The summed E-state index contributed by atoms with van der Waals surface area (Å²) in [5.41, 5.74) is 8.45. The lowest BCUT2D eigenvalue weighted by molar-refractivity contribution is -0.133. The largest absolute Gasteiger partial charge is 0.494 e. The molecule has 0 atom stereocenters. The summed E-state index contributed by atoms with van der Waals surface area (Å²) in [4.78, 5) is 24.2. The molecule has 2 aromatic heterocycles. The van der Waals surface area contributed by atoms with Crippen LogP contribution in [-0.4, -0.2) is 53.5 Å². The molecule has 0 fully saturated rings. The number of nitrogens with two attached hydrogens (primary N) is 1. The van der Waals surface area contributed by atoms with Gasteiger partial charge in [0.15, 0.2) is 0 Å². The Hall–Kier alpha value is -3.61. The lowest BCUT2D eigenvalue weighted by Crippen LogP contribution is -2.43. The van der Waals surface area contributed by atoms with Crippen LogP contribution in [0.4, 0.5) is 35.2 Å². The van der Waals surface area contributed by atoms with Gasteiger partial charge >= 0.3 is 12.2 Å². The highest BCUT2D eigenvalue weighted by Gasteiger charge is 2.29. The fourth-order valence-corrected chi connectivity index (χ4v) is 4.95. The van der Waals surface area contributed by atoms with E-state index in [0.29, 0.717) is 41.5 Å². The molecule has 0 saturated carbocycles. The van der Waals surface area contributed by atoms with E-state index >= 15 is 0 Å². The number of nitrogens with zero attached hydrogens (tertiary/aromatic N) is 3. The molecule has 3 aromatic rings. The Bertz CT molecular complexity index is 1250. The molecule has 0 aliphatic carbocycles. The average molecular weight is 524 g/mol. The van der Waals surface area contributed by atoms with Gasteiger partial charge < -0.3 is 31.4 Å². The molecule has 0 bridgehead atoms. The van der Waals surface area contributed by atoms with Crippen molar-refractivity contribution in [3.05, 3.63) is 34.5 Å². The zero-order valence-corrected chi connectivity index (χ0v) is 20.9. The summed E-state index contributed by atoms with van der Waals surface area (Å²) in [5.74, 6) is 1.03. The molecule has 5 N–H and O–H groups in total. The van der Waals surface area contributed by atoms with Gasteiger partial charge in [-0.1, -0.05) is 13.8 Å². The number of aromatic nitrogens is 2. The van der Waals surface area contributed by atoms with Crippen molar-refractivity contribution in [2.75, 3.05) is 31.2 Å². The Morgan fingerprint density at radius 1 is 1.33 bits per heavy atom. The third kappa shape index (κ3) is 5.96. The van der Waals surface area contributed by atoms with E-state index in [9.17, 15) is 18.0 Å². The van der Waals surface area contributed by atoms with Crippen molar-refractivity contribution in [1.29, 1.82) is 5.41 Å². The van der Waals surface area contributed by atoms with Gasteiger partial charge in [0.1, 0.15) is 22.7 Å². The van der Waals surface area contributed by atoms with Gasteiger partial charge in [-0.15, -0.1) is 11.3 Å². The van der Waals surface area contributed by atoms with Crippen LogP contribution in [0.25, 0.3) is 10.2 Å². The Morgan fingerprint density at radius 2 is 2.08 bits per heavy atom. The Morgan fingerprint density at radius 3 is 2.75 bits per heavy atom. The van der Waals surface area contributed by atoms with Crippen LogP contribution < -0.4 is 21.1 Å². The number of amides is 2. The number of hydrogen-bond acceptors (Lipinski definition) is 8. The van der Waals surface area contributed by atoms with Crippen LogP contribution in [0.2, 0.25) is 0 Å². The maximum atomic E-state index is 12.4. The van der Waals surface area contributed by atoms with E-state index in [1.165, 1.54) is 29.7 Å². The molecule has 2 amide bonds. The quantitative estimate of drug-likeness (QED) is 0.264. The van der Waals surface area contributed by atoms with Gasteiger partial charge in [0, 0.05) is 41.5 Å². The third-order valence-electron chi connectivity index (χ3n) is 5.42. The van der Waals surface area contributed by atoms with Gasteiger partial charge in [0.05, 0.1) is 31.1 Å². The number of urea groups is 1. The minimum Gasteiger partial charge on any atom is -0.494 e. The molecule has 13 heteroatoms. The van der Waals surface area contributed by atoms with Crippen molar-refractivity contribution in [3.63, 3.8) is 0 Å². The van der Waals surface area contributed by atoms with Gasteiger partial charge in [0.2, 0.25) is 0 Å². The predicted molar refractivity (Wildman–Crippen MR) is 136 cm³/mol. The summed E-state index contributed by atoms with van der Waals surface area (Å²) in [6, 6.07) is 2.79. The SMILES string of the molecule is CC.COc1cc(N)c(C=N)cc1Nc1ncnc2sc3c(c12)CCN(C(=O)NCCC(F)(F)F)C3. The molecule has 1 aliphatic rings. The number of rotatable bonds is 6. The maximum Gasteiger partial charge on any atom is 0.390 e. The number of fused-ring (bicyclic) bond motifs is 3. The van der Waals surface area contributed by atoms with Crippen LogP contribution in [0.5, 0.6) is 5.75 Å². The number of carbonyl (C=O) groups excluding carboxylic acids is 1. The first-order valence-corrected chi connectivity index (χ1v) is 12.1. The Balaban J connectivity index is 0.00000176. The van der Waals surface area contributed by atoms with E-state index in [1.807, 2.05) is 13.8 Å². The molecule has 0 saturated heterocycles. The second-order valence-corrected chi connectivity index (χ2v) is 8.71. The summed E-state index contributed by atoms with van der Waals surface area (Å²) < 4.78 is 42.5. The number of thiophene rings is 1. The molecular weight excluding hydrogens is 495 g/mol. The van der Waals surface area contributed by atoms with E-state index in [-0.39, 0.29) is 6.54 Å². The predicted octanol–water partition coefficient (Wildman–Crippen LogP) is 5.07. The molecule has 0 spiro atoms. The van der Waals surface area contributed by atoms with Crippen LogP contribution in [0.1, 0.15) is 36.3 Å². The van der Waals surface area contributed by atoms with Crippen molar-refractivity contribution in [1.82, 2.24) is 20.2 Å². The highest BCUT2D eigenvalue weighted by Crippen LogP contribution is 2.39. The summed E-state index contributed by atoms with van der Waals surface area (Å²) in [7, 11) is 1.51. The Labute approximate surface area is 210 Å². The summed E-state index contributed by atoms with van der Waals surface area (Å²) >= 11 is 1.41. The molecule has 4 rings (SSSR count). The van der Waals surface area contributed by atoms with Crippen molar-refractivity contribution >= 4 is 51.0 Å². The molecule has 36 heavy (non-hydrogen) atoms. The molecule has 3 heterocycles. The highest BCUT2D eigenvalue weighted by atomic mass is 32.1. The smallest absolute Gasteiger partial charge is 0.390 e. The van der Waals surface area contributed by atoms with Gasteiger partial charge in [0.25, 0.3) is 0 Å². The summed E-state index contributed by atoms with van der Waals surface area (Å²) in [6.45, 7) is 4.17. The summed E-state index contributed by atoms with van der Waals surface area (Å²) in [6.07, 6.45) is -2.30. The fourth-order valence-electron chi connectivity index (χ4n) is 3.75. The van der Waals surface area contributed by atoms with E-state index in [1.54, 1.807) is 12.1 Å². The number of anilines is 3. The molecule has 0 radical (unpaired) electrons. The first-order valence-electron chi connectivity index (χ1n) is 11.3. The topological polar surface area (TPSA) is 129 Å². The first-order chi connectivity index (χ1) is 17.2. The second kappa shape index (κ2) is 11.4. The molecule has 0 unspecified atom stereocenters. The average Bonchev–Trinajstić information content (AvgIpc) is 3.24. The third-order valence-corrected chi connectivity index (χ3v) is 6.55. The van der Waals surface area contributed by atoms with Gasteiger partial charge in [-0.2, -0.15) is 13.2 Å². The van der Waals surface area contributed by atoms with Crippen LogP contribution in [0.3, 0.4) is 0 Å². The molecule has 1 aliphatic heterocycles. The highest BCUT2D eigenvalue weighted by molar-refractivity contribution is 7.19. The maximum absolute atomic E-state index is 12.4. The molecular formula is C23H28F3N7O2S. The van der Waals surface area contributed by atoms with Crippen LogP contribution in [-0.2, 0) is 13.0 Å². The fraction of sp³-hybridized carbons (Fsp3) is 0.391. The van der Waals surface area contributed by atoms with Gasteiger partial charge in [-0.25, -0.2) is 14.8 Å². The number of ether oxygens (including phenoxy) is 1. The van der Waals surface area contributed by atoms with Crippen LogP contribution in [0.15, 0.2) is 18.5 Å². The van der Waals surface area contributed by atoms with Gasteiger partial charge in [-0.3, -0.25) is 0 Å². The minimum absolute atomic E-state index is 0.275. The monoisotopic (exact) mass is 523 g/mol. The van der Waals surface area contributed by atoms with E-state index in [2.05, 4.69) is 20.6 Å². The zero-order valence-electron chi connectivity index (χ0n) is 20.1. The number of alkyl halides is 3. The molecule has 9 nitrogen and oxygen atoms in total. The lowest BCUT2D eigenvalue weighted by Gasteiger charge is -2.27. The number of halogens is 3. The number of nitrogens with one attached hydrogen (secondary N) is 3. The zero-order chi connectivity index (χ0) is 26.5. The van der Waals surface area contributed by atoms with Crippen molar-refractivity contribution in [2.45, 2.75) is 39.4 Å². The van der Waals surface area contributed by atoms with Crippen LogP contribution in [0, 0.1) is 5.41 Å². The second-order valence-electron chi connectivity index (χ2n) is 7.63. The van der Waals surface area contributed by atoms with Crippen LogP contribution >= 0.6 is 11.3 Å². The first kappa shape index (κ1) is 27.0. The van der Waals surface area contributed by atoms with E-state index in [4.69, 9.17) is 15.9 Å². The number of benzene rings is 1. The van der Waals surface area contributed by atoms with Crippen molar-refractivity contribution in [3.8, 4) is 5.75 Å². The standard InChI is InChI=1S/C21H22F3N7O2S.C2H6/c1-33-15-7-13(26)11(8-25)6-14(15)30-18-17-12-2-5-31(20(32)27-4-3-21(22,23)24)9-16(12)34-19(17)29-10-28-18;1-2/h6-8,10,25H,2-5,9,26H2,1H3,(H,27,32)(H,28,29,30);1-2H3. The lowest BCUT2D eigenvalue weighted by atomic mass is 10.0. The minimum atomic E-state index is -4.32. The number of nitrogen functional groups attached to an aromatic ring is 1. The normalized spacial score (nSPS) is 12.9. The van der Waals surface area contributed by atoms with Crippen molar-refractivity contribution < 1.29 is 22.7 Å². The number of methoxy groups -OCH3 is 1. The summed E-state index contributed by atoms with van der Waals surface area (Å²) in [5, 5.41) is 14.0. The number of carbonyl (C=O) groups is 1.